The smallest absolute Gasteiger partial charge is 0.231 e. The highest BCUT2D eigenvalue weighted by atomic mass is 16.7. The van der Waals surface area contributed by atoms with Crippen LogP contribution in [-0.4, -0.2) is 17.6 Å². The molecule has 2 unspecified atom stereocenters. The Morgan fingerprint density at radius 1 is 1.16 bits per heavy atom. The van der Waals surface area contributed by atoms with Gasteiger partial charge in [0.25, 0.3) is 0 Å². The van der Waals surface area contributed by atoms with Crippen molar-refractivity contribution in [1.82, 2.24) is 10.6 Å². The first-order valence-corrected chi connectivity index (χ1v) is 8.53. The summed E-state index contributed by atoms with van der Waals surface area (Å²) in [7, 11) is 0. The Morgan fingerprint density at radius 2 is 1.96 bits per heavy atom. The van der Waals surface area contributed by atoms with Crippen LogP contribution in [0.4, 0.5) is 0 Å². The monoisotopic (exact) mass is 338 g/mol. The number of rotatable bonds is 3. The molecule has 0 aliphatic carbocycles. The van der Waals surface area contributed by atoms with Crippen molar-refractivity contribution in [2.24, 2.45) is 0 Å². The normalized spacial score (nSPS) is 24.6. The van der Waals surface area contributed by atoms with Crippen molar-refractivity contribution in [2.75, 3.05) is 6.79 Å². The van der Waals surface area contributed by atoms with Gasteiger partial charge >= 0.3 is 0 Å². The van der Waals surface area contributed by atoms with Crippen LogP contribution in [0.15, 0.2) is 48.5 Å². The van der Waals surface area contributed by atoms with E-state index in [1.807, 2.05) is 36.4 Å². The van der Waals surface area contributed by atoms with Gasteiger partial charge in [-0.25, -0.2) is 0 Å². The third-order valence-corrected chi connectivity index (χ3v) is 4.88. The third kappa shape index (κ3) is 2.91. The largest absolute Gasteiger partial charge is 0.508 e. The zero-order valence-electron chi connectivity index (χ0n) is 14.4. The number of phenols is 1. The van der Waals surface area contributed by atoms with Crippen LogP contribution in [0.25, 0.3) is 5.70 Å². The quantitative estimate of drug-likeness (QED) is 0.799. The summed E-state index contributed by atoms with van der Waals surface area (Å²) in [5, 5.41) is 17.4. The van der Waals surface area contributed by atoms with Crippen LogP contribution in [0.5, 0.6) is 17.2 Å². The minimum Gasteiger partial charge on any atom is -0.508 e. The Kier molecular flexibility index (Phi) is 3.81. The molecule has 2 aromatic rings. The topological polar surface area (TPSA) is 62.8 Å². The lowest BCUT2D eigenvalue weighted by molar-refractivity contribution is 0.174. The van der Waals surface area contributed by atoms with E-state index in [4.69, 9.17) is 9.47 Å². The maximum Gasteiger partial charge on any atom is 0.231 e. The number of phenolic OH excluding ortho intramolecular Hbond substituents is 1. The lowest BCUT2D eigenvalue weighted by Gasteiger charge is -2.41. The van der Waals surface area contributed by atoms with Gasteiger partial charge in [0.1, 0.15) is 5.75 Å². The van der Waals surface area contributed by atoms with Gasteiger partial charge in [-0.3, -0.25) is 5.32 Å². The van der Waals surface area contributed by atoms with Crippen molar-refractivity contribution >= 4 is 5.70 Å². The summed E-state index contributed by atoms with van der Waals surface area (Å²) in [5.41, 5.74) is 2.62. The zero-order valence-corrected chi connectivity index (χ0v) is 14.4. The minimum atomic E-state index is -0.284. The van der Waals surface area contributed by atoms with Crippen molar-refractivity contribution in [2.45, 2.75) is 32.0 Å². The van der Waals surface area contributed by atoms with Gasteiger partial charge in [-0.15, -0.1) is 0 Å². The summed E-state index contributed by atoms with van der Waals surface area (Å²) in [6.45, 7) is 4.52. The zero-order chi connectivity index (χ0) is 17.4. The number of hydrogen-bond donors (Lipinski definition) is 3. The van der Waals surface area contributed by atoms with Crippen molar-refractivity contribution in [3.05, 3.63) is 59.7 Å². The van der Waals surface area contributed by atoms with Crippen LogP contribution in [0.1, 0.15) is 37.4 Å². The van der Waals surface area contributed by atoms with E-state index in [2.05, 4.69) is 30.6 Å². The molecule has 5 nitrogen and oxygen atoms in total. The number of fused-ring (bicyclic) bond motifs is 1. The molecule has 3 N–H and O–H groups in total. The number of ether oxygens (including phenoxy) is 2. The molecule has 0 fully saturated rings. The van der Waals surface area contributed by atoms with Crippen molar-refractivity contribution < 1.29 is 14.6 Å². The molecule has 2 aliphatic heterocycles. The average Bonchev–Trinajstić information content (AvgIpc) is 3.09. The first-order chi connectivity index (χ1) is 12.1. The van der Waals surface area contributed by atoms with Crippen LogP contribution >= 0.6 is 0 Å². The third-order valence-electron chi connectivity index (χ3n) is 4.88. The van der Waals surface area contributed by atoms with E-state index in [-0.39, 0.29) is 18.5 Å². The summed E-state index contributed by atoms with van der Waals surface area (Å²) < 4.78 is 10.9. The van der Waals surface area contributed by atoms with E-state index < -0.39 is 0 Å². The molecule has 5 heteroatoms. The van der Waals surface area contributed by atoms with Crippen LogP contribution in [0.3, 0.4) is 0 Å². The highest BCUT2D eigenvalue weighted by Gasteiger charge is 2.32. The van der Waals surface area contributed by atoms with E-state index >= 15 is 0 Å². The van der Waals surface area contributed by atoms with Crippen molar-refractivity contribution in [3.63, 3.8) is 0 Å². The Bertz CT molecular complexity index is 833. The van der Waals surface area contributed by atoms with E-state index in [0.717, 1.165) is 34.7 Å². The van der Waals surface area contributed by atoms with Crippen molar-refractivity contribution in [1.29, 1.82) is 0 Å². The predicted octanol–water partition coefficient (Wildman–Crippen LogP) is 3.52. The predicted molar refractivity (Wildman–Crippen MR) is 96.4 cm³/mol. The molecule has 0 spiro atoms. The molecule has 0 aromatic heterocycles. The SMILES string of the molecule is CCC1(C)NC(c2ccc3c(c2)OCO3)=CC(c2ccccc2O)N1. The lowest BCUT2D eigenvalue weighted by Crippen LogP contribution is -2.56. The summed E-state index contributed by atoms with van der Waals surface area (Å²) in [6.07, 6.45) is 2.99. The van der Waals surface area contributed by atoms with Crippen molar-refractivity contribution in [3.8, 4) is 17.2 Å². The first kappa shape index (κ1) is 15.8. The molecular formula is C20H22N2O3. The molecule has 0 radical (unpaired) electrons. The summed E-state index contributed by atoms with van der Waals surface area (Å²) in [5.74, 6) is 1.83. The van der Waals surface area contributed by atoms with E-state index in [9.17, 15) is 5.11 Å². The highest BCUT2D eigenvalue weighted by Crippen LogP contribution is 2.37. The molecule has 2 aromatic carbocycles. The molecule has 2 aliphatic rings. The molecule has 0 saturated carbocycles. The van der Waals surface area contributed by atoms with Gasteiger partial charge < -0.3 is 19.9 Å². The molecule has 4 rings (SSSR count). The second-order valence-corrected chi connectivity index (χ2v) is 6.64. The van der Waals surface area contributed by atoms with Crippen LogP contribution in [0.2, 0.25) is 0 Å². The number of benzene rings is 2. The van der Waals surface area contributed by atoms with Gasteiger partial charge in [0.05, 0.1) is 11.7 Å². The molecule has 2 atom stereocenters. The fraction of sp³-hybridized carbons (Fsp3) is 0.300. The van der Waals surface area contributed by atoms with E-state index in [1.54, 1.807) is 6.07 Å². The Morgan fingerprint density at radius 3 is 2.76 bits per heavy atom. The van der Waals surface area contributed by atoms with E-state index in [0.29, 0.717) is 5.75 Å². The number of aromatic hydroxyl groups is 1. The van der Waals surface area contributed by atoms with Gasteiger partial charge in [-0.05, 0) is 43.7 Å². The molecule has 0 saturated heterocycles. The van der Waals surface area contributed by atoms with Gasteiger partial charge in [0, 0.05) is 16.8 Å². The Labute approximate surface area is 147 Å². The standard InChI is InChI=1S/C20H22N2O3/c1-3-20(2)21-15(13-8-9-18-19(10-13)25-12-24-18)11-16(22-20)14-6-4-5-7-17(14)23/h4-11,16,21-23H,3,12H2,1-2H3. The second-order valence-electron chi connectivity index (χ2n) is 6.64. The number of hydrogen-bond acceptors (Lipinski definition) is 5. The molecule has 25 heavy (non-hydrogen) atoms. The molecule has 0 amide bonds. The number of para-hydroxylation sites is 1. The van der Waals surface area contributed by atoms with Crippen LogP contribution in [0, 0.1) is 0 Å². The van der Waals surface area contributed by atoms with Gasteiger partial charge in [-0.1, -0.05) is 25.1 Å². The Balaban J connectivity index is 1.76. The first-order valence-electron chi connectivity index (χ1n) is 8.53. The van der Waals surface area contributed by atoms with Crippen LogP contribution < -0.4 is 20.1 Å². The van der Waals surface area contributed by atoms with Gasteiger partial charge in [0.2, 0.25) is 6.79 Å². The average molecular weight is 338 g/mol. The molecule has 130 valence electrons. The minimum absolute atomic E-state index is 0.0900. The van der Waals surface area contributed by atoms with Gasteiger partial charge in [0.15, 0.2) is 11.5 Å². The molecule has 2 heterocycles. The van der Waals surface area contributed by atoms with E-state index in [1.165, 1.54) is 0 Å². The molecule has 0 bridgehead atoms. The fourth-order valence-corrected chi connectivity index (χ4v) is 3.27. The van der Waals surface area contributed by atoms with Crippen LogP contribution in [-0.2, 0) is 0 Å². The van der Waals surface area contributed by atoms with Gasteiger partial charge in [-0.2, -0.15) is 0 Å². The maximum absolute atomic E-state index is 10.3. The second kappa shape index (κ2) is 6.01. The fourth-order valence-electron chi connectivity index (χ4n) is 3.27. The summed E-state index contributed by atoms with van der Waals surface area (Å²) >= 11 is 0. The summed E-state index contributed by atoms with van der Waals surface area (Å²) in [6, 6.07) is 13.3. The summed E-state index contributed by atoms with van der Waals surface area (Å²) in [4.78, 5) is 0. The Hall–Kier alpha value is -2.66. The maximum atomic E-state index is 10.3. The highest BCUT2D eigenvalue weighted by molar-refractivity contribution is 5.69. The lowest BCUT2D eigenvalue weighted by atomic mass is 9.94. The molecular weight excluding hydrogens is 316 g/mol. The number of nitrogens with one attached hydrogen (secondary N) is 2.